The quantitative estimate of drug-likeness (QED) is 0.743. The van der Waals surface area contributed by atoms with Crippen LogP contribution in [0.2, 0.25) is 0 Å². The Labute approximate surface area is 92.1 Å². The van der Waals surface area contributed by atoms with Crippen molar-refractivity contribution in [1.29, 1.82) is 0 Å². The Morgan fingerprint density at radius 1 is 1.20 bits per heavy atom. The number of benzene rings is 1. The lowest BCUT2D eigenvalue weighted by Crippen LogP contribution is -1.97. The standard InChI is InChI=1S/C14H18O/c1-4-5-6-14(15)13-9-7-12(8-10-13)11(2)3/h1,7-11,14-15H,5-6H2,2-3H3. The highest BCUT2D eigenvalue weighted by Gasteiger charge is 2.06. The fraction of sp³-hybridized carbons (Fsp3) is 0.429. The second kappa shape index (κ2) is 5.58. The molecule has 1 heteroatoms. The minimum absolute atomic E-state index is 0.428. The molecule has 0 saturated heterocycles. The first-order valence-corrected chi connectivity index (χ1v) is 5.36. The highest BCUT2D eigenvalue weighted by Crippen LogP contribution is 2.21. The topological polar surface area (TPSA) is 20.2 Å². The number of hydrogen-bond acceptors (Lipinski definition) is 1. The molecule has 0 aromatic heterocycles. The third-order valence-electron chi connectivity index (χ3n) is 2.55. The number of aliphatic hydroxyl groups is 1. The van der Waals surface area contributed by atoms with E-state index in [9.17, 15) is 5.11 Å². The minimum atomic E-state index is -0.428. The van der Waals surface area contributed by atoms with E-state index >= 15 is 0 Å². The van der Waals surface area contributed by atoms with Gasteiger partial charge in [0.25, 0.3) is 0 Å². The molecular formula is C14H18O. The van der Waals surface area contributed by atoms with Crippen molar-refractivity contribution >= 4 is 0 Å². The third-order valence-corrected chi connectivity index (χ3v) is 2.55. The molecule has 0 spiro atoms. The molecule has 0 aliphatic rings. The maximum absolute atomic E-state index is 9.79. The van der Waals surface area contributed by atoms with Crippen molar-refractivity contribution in [2.75, 3.05) is 0 Å². The van der Waals surface area contributed by atoms with Gasteiger partial charge in [-0.2, -0.15) is 0 Å². The van der Waals surface area contributed by atoms with E-state index in [0.717, 1.165) is 5.56 Å². The van der Waals surface area contributed by atoms with E-state index < -0.39 is 6.10 Å². The molecule has 80 valence electrons. The zero-order chi connectivity index (χ0) is 11.3. The third kappa shape index (κ3) is 3.42. The van der Waals surface area contributed by atoms with Crippen LogP contribution >= 0.6 is 0 Å². The molecule has 1 atom stereocenters. The SMILES string of the molecule is C#CCCC(O)c1ccc(C(C)C)cc1. The van der Waals surface area contributed by atoms with Gasteiger partial charge in [-0.15, -0.1) is 12.3 Å². The lowest BCUT2D eigenvalue weighted by Gasteiger charge is -2.11. The van der Waals surface area contributed by atoms with Crippen LogP contribution in [0.15, 0.2) is 24.3 Å². The number of hydrogen-bond donors (Lipinski definition) is 1. The van der Waals surface area contributed by atoms with Gasteiger partial charge in [0, 0.05) is 6.42 Å². The first-order chi connectivity index (χ1) is 7.15. The predicted molar refractivity (Wildman–Crippen MR) is 63.6 cm³/mol. The molecule has 1 aromatic rings. The summed E-state index contributed by atoms with van der Waals surface area (Å²) in [6, 6.07) is 8.10. The van der Waals surface area contributed by atoms with Crippen LogP contribution in [0.1, 0.15) is 49.8 Å². The van der Waals surface area contributed by atoms with Crippen LogP contribution in [0, 0.1) is 12.3 Å². The Kier molecular flexibility index (Phi) is 4.39. The Morgan fingerprint density at radius 2 is 1.73 bits per heavy atom. The van der Waals surface area contributed by atoms with Gasteiger partial charge in [0.05, 0.1) is 6.10 Å². The van der Waals surface area contributed by atoms with Crippen molar-refractivity contribution in [3.05, 3.63) is 35.4 Å². The van der Waals surface area contributed by atoms with E-state index in [0.29, 0.717) is 18.8 Å². The number of rotatable bonds is 4. The van der Waals surface area contributed by atoms with Crippen LogP contribution in [-0.4, -0.2) is 5.11 Å². The number of aliphatic hydroxyl groups excluding tert-OH is 1. The average molecular weight is 202 g/mol. The van der Waals surface area contributed by atoms with Crippen LogP contribution in [0.25, 0.3) is 0 Å². The first kappa shape index (κ1) is 11.8. The normalized spacial score (nSPS) is 12.5. The zero-order valence-electron chi connectivity index (χ0n) is 9.40. The molecule has 0 saturated carbocycles. The van der Waals surface area contributed by atoms with Gasteiger partial charge in [-0.25, -0.2) is 0 Å². The van der Waals surface area contributed by atoms with Gasteiger partial charge >= 0.3 is 0 Å². The van der Waals surface area contributed by atoms with E-state index in [4.69, 9.17) is 6.42 Å². The molecule has 0 radical (unpaired) electrons. The molecule has 1 rings (SSSR count). The van der Waals surface area contributed by atoms with Crippen molar-refractivity contribution < 1.29 is 5.11 Å². The average Bonchev–Trinajstić information content (AvgIpc) is 2.26. The molecule has 0 fully saturated rings. The second-order valence-corrected chi connectivity index (χ2v) is 4.08. The molecule has 1 aromatic carbocycles. The van der Waals surface area contributed by atoms with Gasteiger partial charge in [0.1, 0.15) is 0 Å². The Balaban J connectivity index is 2.67. The smallest absolute Gasteiger partial charge is 0.0799 e. The molecule has 1 unspecified atom stereocenters. The van der Waals surface area contributed by atoms with Gasteiger partial charge in [0.2, 0.25) is 0 Å². The first-order valence-electron chi connectivity index (χ1n) is 5.36. The van der Waals surface area contributed by atoms with Crippen LogP contribution in [0.3, 0.4) is 0 Å². The summed E-state index contributed by atoms with van der Waals surface area (Å²) in [5, 5.41) is 9.79. The highest BCUT2D eigenvalue weighted by atomic mass is 16.3. The summed E-state index contributed by atoms with van der Waals surface area (Å²) in [4.78, 5) is 0. The van der Waals surface area contributed by atoms with Crippen LogP contribution in [0.5, 0.6) is 0 Å². The minimum Gasteiger partial charge on any atom is -0.388 e. The predicted octanol–water partition coefficient (Wildman–Crippen LogP) is 3.26. The van der Waals surface area contributed by atoms with Crippen molar-refractivity contribution in [2.24, 2.45) is 0 Å². The molecule has 0 bridgehead atoms. The lowest BCUT2D eigenvalue weighted by molar-refractivity contribution is 0.169. The largest absolute Gasteiger partial charge is 0.388 e. The Morgan fingerprint density at radius 3 is 2.20 bits per heavy atom. The maximum Gasteiger partial charge on any atom is 0.0799 e. The fourth-order valence-corrected chi connectivity index (χ4v) is 1.49. The summed E-state index contributed by atoms with van der Waals surface area (Å²) in [5.74, 6) is 3.07. The fourth-order valence-electron chi connectivity index (χ4n) is 1.49. The van der Waals surface area contributed by atoms with Crippen LogP contribution in [-0.2, 0) is 0 Å². The van der Waals surface area contributed by atoms with E-state index in [2.05, 4.69) is 31.9 Å². The molecule has 1 N–H and O–H groups in total. The highest BCUT2D eigenvalue weighted by molar-refractivity contribution is 5.26. The second-order valence-electron chi connectivity index (χ2n) is 4.08. The van der Waals surface area contributed by atoms with E-state index in [1.807, 2.05) is 12.1 Å². The molecule has 0 aliphatic heterocycles. The van der Waals surface area contributed by atoms with Gasteiger partial charge < -0.3 is 5.11 Å². The van der Waals surface area contributed by atoms with Crippen molar-refractivity contribution in [3.8, 4) is 12.3 Å². The molecule has 1 nitrogen and oxygen atoms in total. The van der Waals surface area contributed by atoms with E-state index in [1.165, 1.54) is 5.56 Å². The summed E-state index contributed by atoms with van der Waals surface area (Å²) >= 11 is 0. The summed E-state index contributed by atoms with van der Waals surface area (Å²) in [7, 11) is 0. The van der Waals surface area contributed by atoms with Crippen molar-refractivity contribution in [2.45, 2.75) is 38.7 Å². The van der Waals surface area contributed by atoms with Crippen molar-refractivity contribution in [3.63, 3.8) is 0 Å². The lowest BCUT2D eigenvalue weighted by atomic mass is 9.98. The molecule has 15 heavy (non-hydrogen) atoms. The molecule has 0 amide bonds. The summed E-state index contributed by atoms with van der Waals surface area (Å²) in [6.45, 7) is 4.31. The summed E-state index contributed by atoms with van der Waals surface area (Å²) in [6.07, 6.45) is 5.98. The zero-order valence-corrected chi connectivity index (χ0v) is 9.40. The Hall–Kier alpha value is -1.26. The van der Waals surface area contributed by atoms with E-state index in [1.54, 1.807) is 0 Å². The maximum atomic E-state index is 9.79. The van der Waals surface area contributed by atoms with Gasteiger partial charge in [-0.05, 0) is 23.5 Å². The molecular weight excluding hydrogens is 184 g/mol. The van der Waals surface area contributed by atoms with Crippen LogP contribution in [0.4, 0.5) is 0 Å². The Bertz CT molecular complexity index is 329. The number of terminal acetylenes is 1. The summed E-state index contributed by atoms with van der Waals surface area (Å²) in [5.41, 5.74) is 2.25. The van der Waals surface area contributed by atoms with Gasteiger partial charge in [0.15, 0.2) is 0 Å². The monoisotopic (exact) mass is 202 g/mol. The molecule has 0 heterocycles. The summed E-state index contributed by atoms with van der Waals surface area (Å²) < 4.78 is 0. The van der Waals surface area contributed by atoms with Gasteiger partial charge in [-0.3, -0.25) is 0 Å². The van der Waals surface area contributed by atoms with Crippen LogP contribution < -0.4 is 0 Å². The van der Waals surface area contributed by atoms with Gasteiger partial charge in [-0.1, -0.05) is 38.1 Å². The molecule has 0 aliphatic carbocycles. The van der Waals surface area contributed by atoms with E-state index in [-0.39, 0.29) is 0 Å². The van der Waals surface area contributed by atoms with Crippen molar-refractivity contribution in [1.82, 2.24) is 0 Å².